The Labute approximate surface area is 119 Å². The Bertz CT molecular complexity index is 569. The van der Waals surface area contributed by atoms with Crippen LogP contribution in [0.25, 0.3) is 0 Å². The minimum atomic E-state index is -3.50. The van der Waals surface area contributed by atoms with Crippen LogP contribution in [-0.4, -0.2) is 48.6 Å². The highest BCUT2D eigenvalue weighted by atomic mass is 32.2. The summed E-state index contributed by atoms with van der Waals surface area (Å²) in [4.78, 5) is 5.36. The summed E-state index contributed by atoms with van der Waals surface area (Å²) in [7, 11) is -3.50. The molecule has 0 amide bonds. The summed E-state index contributed by atoms with van der Waals surface area (Å²) in [5.41, 5.74) is 0.510. The van der Waals surface area contributed by atoms with E-state index in [1.165, 1.54) is 25.1 Å². The Morgan fingerprint density at radius 1 is 1.35 bits per heavy atom. The van der Waals surface area contributed by atoms with Gasteiger partial charge in [0.2, 0.25) is 10.0 Å². The van der Waals surface area contributed by atoms with Gasteiger partial charge in [0.1, 0.15) is 0 Å². The summed E-state index contributed by atoms with van der Waals surface area (Å²) in [6.45, 7) is 1.88. The van der Waals surface area contributed by atoms with Crippen molar-refractivity contribution in [3.63, 3.8) is 0 Å². The average molecular weight is 299 g/mol. The molecule has 3 rings (SSSR count). The van der Waals surface area contributed by atoms with Crippen molar-refractivity contribution < 1.29 is 13.5 Å². The second-order valence-corrected chi connectivity index (χ2v) is 7.35. The Hall–Kier alpha value is -0.890. The Morgan fingerprint density at radius 2 is 2.20 bits per heavy atom. The molecule has 0 saturated carbocycles. The summed E-state index contributed by atoms with van der Waals surface area (Å²) in [5, 5.41) is 9.00. The van der Waals surface area contributed by atoms with E-state index in [4.69, 9.17) is 5.11 Å². The fraction of sp³-hybridized carbons (Fsp3) is 0.692. The number of aromatic nitrogens is 1. The van der Waals surface area contributed by atoms with Gasteiger partial charge in [0.05, 0.1) is 11.5 Å². The molecule has 2 aliphatic rings. The van der Waals surface area contributed by atoms with Crippen molar-refractivity contribution in [3.05, 3.63) is 18.0 Å². The number of nitrogens with one attached hydrogen (secondary N) is 2. The van der Waals surface area contributed by atoms with Crippen molar-refractivity contribution in [2.45, 2.75) is 49.3 Å². The second kappa shape index (κ2) is 5.48. The van der Waals surface area contributed by atoms with Crippen molar-refractivity contribution in [2.75, 3.05) is 13.1 Å². The zero-order chi connectivity index (χ0) is 14.2. The molecule has 7 heteroatoms. The molecule has 3 heterocycles. The molecule has 20 heavy (non-hydrogen) atoms. The standard InChI is InChI=1S/C13H21N3O3S/c17-9-10-7-11(8-14-10)20(18,19)15-12-4-6-16-5-2-1-3-13(12)16/h7-8,12-15,17H,1-6,9H2. The Balaban J connectivity index is 1.73. The molecule has 112 valence electrons. The van der Waals surface area contributed by atoms with Crippen molar-refractivity contribution in [1.82, 2.24) is 14.6 Å². The number of H-pyrrole nitrogens is 1. The van der Waals surface area contributed by atoms with Gasteiger partial charge in [-0.1, -0.05) is 6.42 Å². The molecule has 2 fully saturated rings. The first kappa shape index (κ1) is 14.1. The first-order valence-corrected chi connectivity index (χ1v) is 8.63. The molecule has 0 bridgehead atoms. The molecule has 0 aromatic carbocycles. The lowest BCUT2D eigenvalue weighted by Crippen LogP contribution is -2.46. The number of fused-ring (bicyclic) bond motifs is 1. The van der Waals surface area contributed by atoms with E-state index in [0.717, 1.165) is 25.9 Å². The highest BCUT2D eigenvalue weighted by Gasteiger charge is 2.37. The largest absolute Gasteiger partial charge is 0.390 e. The number of rotatable bonds is 4. The minimum Gasteiger partial charge on any atom is -0.390 e. The fourth-order valence-electron chi connectivity index (χ4n) is 3.32. The lowest BCUT2D eigenvalue weighted by Gasteiger charge is -2.32. The SMILES string of the molecule is O=S(=O)(NC1CCN2CCCCC12)c1c[nH]c(CO)c1. The average Bonchev–Trinajstić information content (AvgIpc) is 3.06. The number of piperidine rings is 1. The molecule has 2 saturated heterocycles. The van der Waals surface area contributed by atoms with E-state index in [-0.39, 0.29) is 17.5 Å². The quantitative estimate of drug-likeness (QED) is 0.752. The van der Waals surface area contributed by atoms with Gasteiger partial charge in [0.15, 0.2) is 0 Å². The van der Waals surface area contributed by atoms with Crippen LogP contribution in [0.2, 0.25) is 0 Å². The van der Waals surface area contributed by atoms with Gasteiger partial charge in [-0.2, -0.15) is 0 Å². The van der Waals surface area contributed by atoms with E-state index in [9.17, 15) is 8.42 Å². The maximum atomic E-state index is 12.4. The van der Waals surface area contributed by atoms with Crippen LogP contribution in [0.4, 0.5) is 0 Å². The molecule has 6 nitrogen and oxygen atoms in total. The van der Waals surface area contributed by atoms with Crippen LogP contribution in [-0.2, 0) is 16.6 Å². The number of aliphatic hydroxyl groups excluding tert-OH is 1. The van der Waals surface area contributed by atoms with E-state index in [1.54, 1.807) is 0 Å². The first-order chi connectivity index (χ1) is 9.60. The van der Waals surface area contributed by atoms with Crippen LogP contribution in [0.3, 0.4) is 0 Å². The lowest BCUT2D eigenvalue weighted by molar-refractivity contribution is 0.186. The summed E-state index contributed by atoms with van der Waals surface area (Å²) in [6.07, 6.45) is 5.77. The summed E-state index contributed by atoms with van der Waals surface area (Å²) in [6, 6.07) is 1.83. The third kappa shape index (κ3) is 2.63. The van der Waals surface area contributed by atoms with Gasteiger partial charge in [0.25, 0.3) is 0 Å². The van der Waals surface area contributed by atoms with Crippen molar-refractivity contribution >= 4 is 10.0 Å². The van der Waals surface area contributed by atoms with Crippen molar-refractivity contribution in [2.24, 2.45) is 0 Å². The zero-order valence-corrected chi connectivity index (χ0v) is 12.2. The monoisotopic (exact) mass is 299 g/mol. The van der Waals surface area contributed by atoms with Gasteiger partial charge in [-0.15, -0.1) is 0 Å². The molecule has 0 aliphatic carbocycles. The molecule has 0 spiro atoms. The molecule has 2 unspecified atom stereocenters. The lowest BCUT2D eigenvalue weighted by atomic mass is 10.00. The van der Waals surface area contributed by atoms with Gasteiger partial charge in [-0.05, 0) is 31.9 Å². The molecule has 2 atom stereocenters. The predicted octanol–water partition coefficient (Wildman–Crippen LogP) is 0.412. The van der Waals surface area contributed by atoms with Gasteiger partial charge in [-0.3, -0.25) is 4.90 Å². The van der Waals surface area contributed by atoms with E-state index in [0.29, 0.717) is 11.7 Å². The fourth-order valence-corrected chi connectivity index (χ4v) is 4.64. The number of hydrogen-bond acceptors (Lipinski definition) is 4. The first-order valence-electron chi connectivity index (χ1n) is 7.15. The van der Waals surface area contributed by atoms with E-state index in [2.05, 4.69) is 14.6 Å². The van der Waals surface area contributed by atoms with E-state index >= 15 is 0 Å². The smallest absolute Gasteiger partial charge is 0.242 e. The molecule has 3 N–H and O–H groups in total. The molecule has 1 aromatic rings. The normalized spacial score (nSPS) is 27.6. The van der Waals surface area contributed by atoms with Crippen molar-refractivity contribution in [1.29, 1.82) is 0 Å². The Morgan fingerprint density at radius 3 is 2.95 bits per heavy atom. The van der Waals surface area contributed by atoms with Gasteiger partial charge in [-0.25, -0.2) is 13.1 Å². The maximum absolute atomic E-state index is 12.4. The summed E-state index contributed by atoms with van der Waals surface area (Å²) < 4.78 is 27.6. The van der Waals surface area contributed by atoms with Gasteiger partial charge >= 0.3 is 0 Å². The molecule has 1 aromatic heterocycles. The molecule has 0 radical (unpaired) electrons. The third-order valence-electron chi connectivity index (χ3n) is 4.36. The molecular weight excluding hydrogens is 278 g/mol. The number of sulfonamides is 1. The summed E-state index contributed by atoms with van der Waals surface area (Å²) >= 11 is 0. The zero-order valence-electron chi connectivity index (χ0n) is 11.4. The van der Waals surface area contributed by atoms with Crippen LogP contribution < -0.4 is 4.72 Å². The second-order valence-electron chi connectivity index (χ2n) is 5.63. The van der Waals surface area contributed by atoms with Crippen molar-refractivity contribution in [3.8, 4) is 0 Å². The highest BCUT2D eigenvalue weighted by molar-refractivity contribution is 7.89. The summed E-state index contributed by atoms with van der Waals surface area (Å²) in [5.74, 6) is 0. The van der Waals surface area contributed by atoms with E-state index in [1.807, 2.05) is 0 Å². The molecule has 2 aliphatic heterocycles. The number of hydrogen-bond donors (Lipinski definition) is 3. The van der Waals surface area contributed by atoms with Gasteiger partial charge < -0.3 is 10.1 Å². The minimum absolute atomic E-state index is 0.00720. The van der Waals surface area contributed by atoms with Crippen LogP contribution >= 0.6 is 0 Å². The number of aliphatic hydroxyl groups is 1. The maximum Gasteiger partial charge on any atom is 0.242 e. The number of nitrogens with zero attached hydrogens (tertiary/aromatic N) is 1. The predicted molar refractivity (Wildman–Crippen MR) is 74.7 cm³/mol. The highest BCUT2D eigenvalue weighted by Crippen LogP contribution is 2.28. The molecular formula is C13H21N3O3S. The van der Waals surface area contributed by atoms with Crippen LogP contribution in [0, 0.1) is 0 Å². The number of aromatic amines is 1. The topological polar surface area (TPSA) is 85.4 Å². The van der Waals surface area contributed by atoms with E-state index < -0.39 is 10.0 Å². The van der Waals surface area contributed by atoms with Gasteiger partial charge in [0, 0.05) is 30.5 Å². The van der Waals surface area contributed by atoms with Crippen LogP contribution in [0.1, 0.15) is 31.4 Å². The van der Waals surface area contributed by atoms with Crippen LogP contribution in [0.15, 0.2) is 17.2 Å². The third-order valence-corrected chi connectivity index (χ3v) is 5.83. The Kier molecular flexibility index (Phi) is 3.85. The van der Waals surface area contributed by atoms with Crippen LogP contribution in [0.5, 0.6) is 0 Å².